The first kappa shape index (κ1) is 18.0. The van der Waals surface area contributed by atoms with Crippen molar-refractivity contribution in [3.05, 3.63) is 87.9 Å². The van der Waals surface area contributed by atoms with Gasteiger partial charge in [0.15, 0.2) is 0 Å². The topological polar surface area (TPSA) is 66.4 Å². The normalized spacial score (nSPS) is 10.4. The summed E-state index contributed by atoms with van der Waals surface area (Å²) in [5.41, 5.74) is 2.33. The second kappa shape index (κ2) is 7.60. The molecule has 130 valence electrons. The molecule has 0 heterocycles. The van der Waals surface area contributed by atoms with Crippen molar-refractivity contribution in [1.82, 2.24) is 0 Å². The molecule has 0 aliphatic heterocycles. The van der Waals surface area contributed by atoms with Gasteiger partial charge < -0.3 is 10.4 Å². The summed E-state index contributed by atoms with van der Waals surface area (Å²) in [5, 5.41) is 12.1. The van der Waals surface area contributed by atoms with Gasteiger partial charge in [0.1, 0.15) is 0 Å². The minimum atomic E-state index is -1.26. The van der Waals surface area contributed by atoms with Crippen LogP contribution in [0.1, 0.15) is 20.7 Å². The number of carbonyl (C=O) groups is 2. The van der Waals surface area contributed by atoms with Crippen molar-refractivity contribution in [2.45, 2.75) is 0 Å². The summed E-state index contributed by atoms with van der Waals surface area (Å²) in [4.78, 5) is 23.8. The molecule has 0 spiro atoms. The fraction of sp³-hybridized carbons (Fsp3) is 0. The Morgan fingerprint density at radius 3 is 1.88 bits per heavy atom. The maximum absolute atomic E-state index is 12.5. The Bertz CT molecular complexity index is 970. The minimum Gasteiger partial charge on any atom is -0.478 e. The number of carboxylic acid groups (broad SMARTS) is 1. The van der Waals surface area contributed by atoms with E-state index in [-0.39, 0.29) is 21.2 Å². The second-order valence-electron chi connectivity index (χ2n) is 5.51. The molecule has 3 aromatic rings. The van der Waals surface area contributed by atoms with Crippen molar-refractivity contribution >= 4 is 40.8 Å². The molecule has 0 aliphatic rings. The minimum absolute atomic E-state index is 0.0564. The number of hydrogen-bond acceptors (Lipinski definition) is 2. The van der Waals surface area contributed by atoms with Crippen LogP contribution in [-0.2, 0) is 0 Å². The van der Waals surface area contributed by atoms with Crippen LogP contribution in [0.2, 0.25) is 10.0 Å². The Labute approximate surface area is 160 Å². The number of carboxylic acids is 1. The van der Waals surface area contributed by atoms with Gasteiger partial charge in [-0.3, -0.25) is 4.79 Å². The zero-order chi connectivity index (χ0) is 18.7. The molecule has 0 saturated heterocycles. The van der Waals surface area contributed by atoms with E-state index in [1.807, 2.05) is 42.5 Å². The molecule has 0 unspecified atom stereocenters. The van der Waals surface area contributed by atoms with Gasteiger partial charge in [-0.1, -0.05) is 65.7 Å². The highest BCUT2D eigenvalue weighted by Crippen LogP contribution is 2.27. The Balaban J connectivity index is 1.85. The van der Waals surface area contributed by atoms with E-state index in [0.717, 1.165) is 11.1 Å². The average molecular weight is 386 g/mol. The highest BCUT2D eigenvalue weighted by Gasteiger charge is 2.19. The lowest BCUT2D eigenvalue weighted by atomic mass is 10.0. The molecule has 0 aromatic heterocycles. The van der Waals surface area contributed by atoms with E-state index in [2.05, 4.69) is 5.32 Å². The quantitative estimate of drug-likeness (QED) is 0.613. The molecule has 0 bridgehead atoms. The van der Waals surface area contributed by atoms with Crippen molar-refractivity contribution in [2.75, 3.05) is 5.32 Å². The molecule has 0 saturated carbocycles. The molecule has 1 amide bonds. The Hall–Kier alpha value is -2.82. The van der Waals surface area contributed by atoms with Gasteiger partial charge in [0, 0.05) is 5.69 Å². The lowest BCUT2D eigenvalue weighted by Crippen LogP contribution is -2.16. The van der Waals surface area contributed by atoms with Crippen LogP contribution in [0.25, 0.3) is 11.1 Å². The first-order valence-electron chi connectivity index (χ1n) is 7.65. The van der Waals surface area contributed by atoms with Crippen molar-refractivity contribution < 1.29 is 14.7 Å². The Morgan fingerprint density at radius 1 is 0.769 bits per heavy atom. The third-order valence-corrected chi connectivity index (χ3v) is 4.51. The largest absolute Gasteiger partial charge is 0.478 e. The van der Waals surface area contributed by atoms with E-state index in [0.29, 0.717) is 5.69 Å². The van der Waals surface area contributed by atoms with Gasteiger partial charge in [-0.25, -0.2) is 4.79 Å². The van der Waals surface area contributed by atoms with Crippen LogP contribution in [0.3, 0.4) is 0 Å². The molecule has 3 rings (SSSR count). The summed E-state index contributed by atoms with van der Waals surface area (Å²) in [5.74, 6) is -1.83. The van der Waals surface area contributed by atoms with Gasteiger partial charge in [0.2, 0.25) is 0 Å². The van der Waals surface area contributed by atoms with Gasteiger partial charge in [0.05, 0.1) is 21.2 Å². The van der Waals surface area contributed by atoms with E-state index in [9.17, 15) is 14.7 Å². The van der Waals surface area contributed by atoms with E-state index in [4.69, 9.17) is 23.2 Å². The van der Waals surface area contributed by atoms with Gasteiger partial charge in [-0.05, 0) is 35.4 Å². The highest BCUT2D eigenvalue weighted by atomic mass is 35.5. The fourth-order valence-corrected chi connectivity index (χ4v) is 2.81. The van der Waals surface area contributed by atoms with Crippen LogP contribution < -0.4 is 5.32 Å². The van der Waals surface area contributed by atoms with Gasteiger partial charge >= 0.3 is 5.97 Å². The summed E-state index contributed by atoms with van der Waals surface area (Å²) in [6, 6.07) is 19.5. The average Bonchev–Trinajstić information content (AvgIpc) is 2.64. The summed E-state index contributed by atoms with van der Waals surface area (Å²) in [6.45, 7) is 0. The third-order valence-electron chi connectivity index (χ3n) is 3.79. The molecule has 0 fully saturated rings. The number of amides is 1. The second-order valence-corrected chi connectivity index (χ2v) is 6.33. The molecular formula is C20H13Cl2NO3. The number of nitrogens with one attached hydrogen (secondary N) is 1. The zero-order valence-electron chi connectivity index (χ0n) is 13.4. The fourth-order valence-electron chi connectivity index (χ4n) is 2.49. The third kappa shape index (κ3) is 3.87. The highest BCUT2D eigenvalue weighted by molar-refractivity contribution is 6.42. The number of benzene rings is 3. The zero-order valence-corrected chi connectivity index (χ0v) is 14.9. The van der Waals surface area contributed by atoms with Crippen molar-refractivity contribution in [3.8, 4) is 11.1 Å². The summed E-state index contributed by atoms with van der Waals surface area (Å²) >= 11 is 11.8. The van der Waals surface area contributed by atoms with E-state index in [1.54, 1.807) is 12.1 Å². The predicted molar refractivity (Wildman–Crippen MR) is 103 cm³/mol. The standard InChI is InChI=1S/C20H13Cl2NO3/c21-17-10-15(16(20(25)26)11-18(17)22)19(24)23-14-8-6-13(7-9-14)12-4-2-1-3-5-12/h1-11H,(H,23,24)(H,25,26). The van der Waals surface area contributed by atoms with Crippen LogP contribution in [-0.4, -0.2) is 17.0 Å². The number of anilines is 1. The number of rotatable bonds is 4. The number of aromatic carboxylic acids is 1. The Morgan fingerprint density at radius 2 is 1.31 bits per heavy atom. The molecule has 6 heteroatoms. The van der Waals surface area contributed by atoms with E-state index in [1.165, 1.54) is 12.1 Å². The predicted octanol–water partition coefficient (Wildman–Crippen LogP) is 5.61. The summed E-state index contributed by atoms with van der Waals surface area (Å²) in [6.07, 6.45) is 0. The molecular weight excluding hydrogens is 373 g/mol. The van der Waals surface area contributed by atoms with Crippen LogP contribution >= 0.6 is 23.2 Å². The Kier molecular flexibility index (Phi) is 5.26. The molecule has 2 N–H and O–H groups in total. The van der Waals surface area contributed by atoms with Crippen LogP contribution in [0.5, 0.6) is 0 Å². The smallest absolute Gasteiger partial charge is 0.336 e. The van der Waals surface area contributed by atoms with Crippen molar-refractivity contribution in [1.29, 1.82) is 0 Å². The van der Waals surface area contributed by atoms with Crippen LogP contribution in [0, 0.1) is 0 Å². The maximum atomic E-state index is 12.5. The number of halogens is 2. The number of hydrogen-bond donors (Lipinski definition) is 2. The van der Waals surface area contributed by atoms with Crippen molar-refractivity contribution in [2.24, 2.45) is 0 Å². The molecule has 3 aromatic carbocycles. The first-order valence-corrected chi connectivity index (χ1v) is 8.40. The lowest BCUT2D eigenvalue weighted by molar-refractivity contribution is 0.0692. The summed E-state index contributed by atoms with van der Waals surface area (Å²) in [7, 11) is 0. The van der Waals surface area contributed by atoms with E-state index >= 15 is 0 Å². The van der Waals surface area contributed by atoms with Crippen LogP contribution in [0.15, 0.2) is 66.7 Å². The molecule has 0 aliphatic carbocycles. The van der Waals surface area contributed by atoms with Gasteiger partial charge in [-0.2, -0.15) is 0 Å². The number of carbonyl (C=O) groups excluding carboxylic acids is 1. The molecule has 0 radical (unpaired) electrons. The van der Waals surface area contributed by atoms with Crippen molar-refractivity contribution in [3.63, 3.8) is 0 Å². The molecule has 26 heavy (non-hydrogen) atoms. The summed E-state index contributed by atoms with van der Waals surface area (Å²) < 4.78 is 0. The maximum Gasteiger partial charge on any atom is 0.336 e. The monoisotopic (exact) mass is 385 g/mol. The van der Waals surface area contributed by atoms with E-state index < -0.39 is 11.9 Å². The molecule has 0 atom stereocenters. The van der Waals surface area contributed by atoms with Crippen LogP contribution in [0.4, 0.5) is 5.69 Å². The van der Waals surface area contributed by atoms with Gasteiger partial charge in [0.25, 0.3) is 5.91 Å². The molecule has 4 nitrogen and oxygen atoms in total. The SMILES string of the molecule is O=C(O)c1cc(Cl)c(Cl)cc1C(=O)Nc1ccc(-c2ccccc2)cc1. The van der Waals surface area contributed by atoms with Gasteiger partial charge in [-0.15, -0.1) is 0 Å². The lowest BCUT2D eigenvalue weighted by Gasteiger charge is -2.10. The first-order chi connectivity index (χ1) is 12.5.